The van der Waals surface area contributed by atoms with Gasteiger partial charge in [-0.05, 0) is 20.8 Å². The molecule has 1 saturated heterocycles. The lowest BCUT2D eigenvalue weighted by atomic mass is 10.1. The molecule has 1 aliphatic rings. The second-order valence-electron chi connectivity index (χ2n) is 6.55. The van der Waals surface area contributed by atoms with Gasteiger partial charge in [0.15, 0.2) is 6.23 Å². The molecule has 0 amide bonds. The topological polar surface area (TPSA) is 185 Å². The lowest BCUT2D eigenvalue weighted by Gasteiger charge is -2.29. The van der Waals surface area contributed by atoms with E-state index in [1.807, 2.05) is 4.98 Å². The lowest BCUT2D eigenvalue weighted by Crippen LogP contribution is -3.11. The summed E-state index contributed by atoms with van der Waals surface area (Å²) < 4.78 is 26.0. The summed E-state index contributed by atoms with van der Waals surface area (Å²) in [5.41, 5.74) is -1.60. The number of nitrogens with one attached hydrogen (secondary N) is 2. The summed E-state index contributed by atoms with van der Waals surface area (Å²) in [7, 11) is -3.84. The summed E-state index contributed by atoms with van der Waals surface area (Å²) in [4.78, 5) is 43.9. The minimum Gasteiger partial charge on any atom is -0.385 e. The van der Waals surface area contributed by atoms with E-state index in [0.29, 0.717) is 0 Å². The third-order valence-electron chi connectivity index (χ3n) is 4.79. The molecule has 0 aliphatic carbocycles. The molecule has 2 rings (SSSR count). The van der Waals surface area contributed by atoms with Crippen LogP contribution in [0.2, 0.25) is 0 Å². The van der Waals surface area contributed by atoms with Crippen LogP contribution in [0.25, 0.3) is 0 Å². The van der Waals surface area contributed by atoms with Gasteiger partial charge >= 0.3 is 13.5 Å². The van der Waals surface area contributed by atoms with E-state index in [9.17, 15) is 24.4 Å². The Kier molecular flexibility index (Phi) is 10.0. The van der Waals surface area contributed by atoms with E-state index in [2.05, 4.69) is 25.3 Å². The lowest BCUT2D eigenvalue weighted by molar-refractivity contribution is -0.894. The number of aromatic nitrogens is 2. The Morgan fingerprint density at radius 1 is 1.23 bits per heavy atom. The van der Waals surface area contributed by atoms with E-state index in [1.165, 1.54) is 19.6 Å². The number of ether oxygens (including phenoxy) is 2. The molecule has 0 aromatic carbocycles. The molecular formula is C16H31N3O10P+. The molecule has 0 saturated carbocycles. The summed E-state index contributed by atoms with van der Waals surface area (Å²) in [5, 5.41) is 20.1. The van der Waals surface area contributed by atoms with Gasteiger partial charge in [-0.1, -0.05) is 0 Å². The van der Waals surface area contributed by atoms with Crippen LogP contribution in [0.15, 0.2) is 21.9 Å². The maximum Gasteiger partial charge on any atom is 0.469 e. The van der Waals surface area contributed by atoms with Crippen LogP contribution in [0.5, 0.6) is 0 Å². The highest BCUT2D eigenvalue weighted by atomic mass is 31.2. The molecule has 1 aliphatic heterocycles. The Labute approximate surface area is 173 Å². The predicted molar refractivity (Wildman–Crippen MR) is 104 cm³/mol. The van der Waals surface area contributed by atoms with Gasteiger partial charge in [-0.2, -0.15) is 0 Å². The number of quaternary nitrogens is 1. The van der Waals surface area contributed by atoms with Gasteiger partial charge in [-0.25, -0.2) is 9.36 Å². The smallest absolute Gasteiger partial charge is 0.385 e. The summed E-state index contributed by atoms with van der Waals surface area (Å²) in [6.45, 7) is 9.57. The van der Waals surface area contributed by atoms with Crippen molar-refractivity contribution in [3.05, 3.63) is 33.1 Å². The first-order valence-electron chi connectivity index (χ1n) is 9.38. The molecular weight excluding hydrogens is 425 g/mol. The Balaban J connectivity index is 0.000000553. The number of phosphoric ester groups is 1. The van der Waals surface area contributed by atoms with Crippen molar-refractivity contribution in [2.75, 3.05) is 33.4 Å². The molecule has 14 heteroatoms. The molecule has 30 heavy (non-hydrogen) atoms. The van der Waals surface area contributed by atoms with Crippen molar-refractivity contribution in [2.45, 2.75) is 45.0 Å². The molecule has 0 spiro atoms. The van der Waals surface area contributed by atoms with Gasteiger partial charge in [0.05, 0.1) is 19.6 Å². The van der Waals surface area contributed by atoms with Gasteiger partial charge in [-0.15, -0.1) is 0 Å². The molecule has 1 fully saturated rings. The minimum atomic E-state index is -4.90. The molecule has 4 atom stereocenters. The molecule has 13 nitrogen and oxygen atoms in total. The van der Waals surface area contributed by atoms with Crippen LogP contribution in [0.1, 0.15) is 27.0 Å². The summed E-state index contributed by atoms with van der Waals surface area (Å²) in [5.74, 6) is -2.12. The largest absolute Gasteiger partial charge is 0.469 e. The van der Waals surface area contributed by atoms with Crippen molar-refractivity contribution in [1.82, 2.24) is 9.55 Å². The van der Waals surface area contributed by atoms with E-state index >= 15 is 0 Å². The Bertz CT molecular complexity index is 814. The second-order valence-corrected chi connectivity index (χ2v) is 7.79. The quantitative estimate of drug-likeness (QED) is 0.223. The normalized spacial score (nSPS) is 26.5. The first kappa shape index (κ1) is 26.6. The zero-order valence-electron chi connectivity index (χ0n) is 17.3. The Hall–Kier alpha value is -1.41. The van der Waals surface area contributed by atoms with Crippen molar-refractivity contribution in [1.29, 1.82) is 0 Å². The standard InChI is InChI=1S/C10H15N2O10P.C6H15N/c1-20-10(4-21-23(17,18)19)7(15)6(14)8(22-10)12-3-2-5(13)11-9(12)16;1-4-7(5-2)6-3/h2-3,6-8,14-15H,4H2,1H3,(H,11,13,16)(H2,17,18,19);4-6H2,1-3H3/p+1/t6-,7+,8-,10-;/m1./s1. The first-order chi connectivity index (χ1) is 13.9. The van der Waals surface area contributed by atoms with Crippen LogP contribution < -0.4 is 16.1 Å². The number of hydrogen-bond donors (Lipinski definition) is 6. The molecule has 1 aromatic heterocycles. The number of hydrogen-bond acceptors (Lipinski definition) is 8. The molecule has 0 bridgehead atoms. The highest BCUT2D eigenvalue weighted by Gasteiger charge is 2.56. The van der Waals surface area contributed by atoms with E-state index in [-0.39, 0.29) is 0 Å². The number of H-pyrrole nitrogens is 1. The van der Waals surface area contributed by atoms with Crippen LogP contribution in [0, 0.1) is 0 Å². The van der Waals surface area contributed by atoms with Crippen molar-refractivity contribution >= 4 is 7.82 Å². The number of methoxy groups -OCH3 is 1. The van der Waals surface area contributed by atoms with E-state index < -0.39 is 49.9 Å². The van der Waals surface area contributed by atoms with Gasteiger partial charge < -0.3 is 34.4 Å². The molecule has 174 valence electrons. The second kappa shape index (κ2) is 11.3. The summed E-state index contributed by atoms with van der Waals surface area (Å²) in [6.07, 6.45) is -3.94. The average Bonchev–Trinajstić information content (AvgIpc) is 2.93. The van der Waals surface area contributed by atoms with Crippen molar-refractivity contribution < 1.29 is 43.5 Å². The fourth-order valence-electron chi connectivity index (χ4n) is 2.88. The average molecular weight is 456 g/mol. The number of aromatic amines is 1. The molecule has 2 heterocycles. The van der Waals surface area contributed by atoms with Gasteiger partial charge in [0, 0.05) is 19.4 Å². The number of phosphoric acid groups is 1. The van der Waals surface area contributed by atoms with Crippen molar-refractivity contribution in [2.24, 2.45) is 0 Å². The maximum atomic E-state index is 11.7. The SMILES string of the molecule is CC[NH+](CC)CC.CO[C@]1(COP(=O)(O)O)O[C@@H](n2ccc(=O)[nH]c2=O)[C@H](O)[C@@H]1O. The first-order valence-corrected chi connectivity index (χ1v) is 10.9. The van der Waals surface area contributed by atoms with Crippen LogP contribution in [-0.2, 0) is 18.6 Å². The number of aliphatic hydroxyl groups is 2. The van der Waals surface area contributed by atoms with Gasteiger partial charge in [0.25, 0.3) is 5.56 Å². The van der Waals surface area contributed by atoms with E-state index in [0.717, 1.165) is 23.9 Å². The number of rotatable bonds is 8. The van der Waals surface area contributed by atoms with Crippen LogP contribution in [0.4, 0.5) is 0 Å². The highest BCUT2D eigenvalue weighted by Crippen LogP contribution is 2.42. The fourth-order valence-corrected chi connectivity index (χ4v) is 3.23. The van der Waals surface area contributed by atoms with Gasteiger partial charge in [-0.3, -0.25) is 18.9 Å². The number of nitrogens with zero attached hydrogens (tertiary/aromatic N) is 1. The zero-order chi connectivity index (χ0) is 23.1. The molecule has 1 aromatic rings. The third-order valence-corrected chi connectivity index (χ3v) is 5.26. The Morgan fingerprint density at radius 2 is 1.80 bits per heavy atom. The fraction of sp³-hybridized carbons (Fsp3) is 0.750. The van der Waals surface area contributed by atoms with E-state index in [1.54, 1.807) is 4.90 Å². The van der Waals surface area contributed by atoms with Crippen molar-refractivity contribution in [3.8, 4) is 0 Å². The zero-order valence-corrected chi connectivity index (χ0v) is 18.2. The van der Waals surface area contributed by atoms with Crippen LogP contribution in [0.3, 0.4) is 0 Å². The molecule has 0 radical (unpaired) electrons. The van der Waals surface area contributed by atoms with Crippen LogP contribution in [-0.4, -0.2) is 80.9 Å². The monoisotopic (exact) mass is 456 g/mol. The maximum absolute atomic E-state index is 11.7. The van der Waals surface area contributed by atoms with Gasteiger partial charge in [0.2, 0.25) is 5.79 Å². The van der Waals surface area contributed by atoms with Gasteiger partial charge in [0.1, 0.15) is 18.8 Å². The third kappa shape index (κ3) is 6.80. The molecule has 0 unspecified atom stereocenters. The minimum absolute atomic E-state index is 0.679. The Morgan fingerprint density at radius 3 is 2.20 bits per heavy atom. The summed E-state index contributed by atoms with van der Waals surface area (Å²) in [6, 6.07) is 0.989. The number of aliphatic hydroxyl groups excluding tert-OH is 2. The molecule has 6 N–H and O–H groups in total. The van der Waals surface area contributed by atoms with Crippen molar-refractivity contribution in [3.63, 3.8) is 0 Å². The summed E-state index contributed by atoms with van der Waals surface area (Å²) >= 11 is 0. The van der Waals surface area contributed by atoms with Crippen LogP contribution >= 0.6 is 7.82 Å². The highest BCUT2D eigenvalue weighted by molar-refractivity contribution is 7.46. The predicted octanol–water partition coefficient (Wildman–Crippen LogP) is -2.83. The van der Waals surface area contributed by atoms with E-state index in [4.69, 9.17) is 19.3 Å².